The molecule has 1 amide bonds. The number of nitrogen functional groups attached to an aromatic ring is 1. The molecule has 0 fully saturated rings. The molecule has 2 aromatic heterocycles. The van der Waals surface area contributed by atoms with Crippen molar-refractivity contribution >= 4 is 11.7 Å². The lowest BCUT2D eigenvalue weighted by molar-refractivity contribution is 0.0950. The van der Waals surface area contributed by atoms with Gasteiger partial charge in [0.25, 0.3) is 5.91 Å². The van der Waals surface area contributed by atoms with Crippen LogP contribution in [0.3, 0.4) is 0 Å². The van der Waals surface area contributed by atoms with Gasteiger partial charge in [-0.25, -0.2) is 9.97 Å². The quantitative estimate of drug-likeness (QED) is 0.689. The molecular weight excluding hydrogens is 206 g/mol. The summed E-state index contributed by atoms with van der Waals surface area (Å²) in [7, 11) is 0. The number of amides is 1. The zero-order valence-electron chi connectivity index (χ0n) is 8.47. The highest BCUT2D eigenvalue weighted by Gasteiger charge is 2.05. The maximum Gasteiger partial charge on any atom is 0.253 e. The van der Waals surface area contributed by atoms with Gasteiger partial charge in [-0.15, -0.1) is 0 Å². The third-order valence-corrected chi connectivity index (χ3v) is 2.04. The third-order valence-electron chi connectivity index (χ3n) is 2.04. The summed E-state index contributed by atoms with van der Waals surface area (Å²) in [5.74, 6) is 0.201. The van der Waals surface area contributed by atoms with Crippen LogP contribution in [0.2, 0.25) is 0 Å². The van der Waals surface area contributed by atoms with Crippen molar-refractivity contribution in [3.63, 3.8) is 0 Å². The number of anilines is 1. The summed E-state index contributed by atoms with van der Waals surface area (Å²) in [5, 5.41) is 2.73. The standard InChI is InChI=1S/C10H11N5O/c11-9-2-1-7(3-13-9)10(16)14-5-8-4-12-6-15-8/h1-4,6H,5H2,(H2,11,13)(H,12,15)(H,14,16). The summed E-state index contributed by atoms with van der Waals surface area (Å²) in [6.45, 7) is 0.406. The molecule has 0 bridgehead atoms. The number of hydrogen-bond donors (Lipinski definition) is 3. The number of pyridine rings is 1. The van der Waals surface area contributed by atoms with E-state index < -0.39 is 0 Å². The number of imidazole rings is 1. The number of carbonyl (C=O) groups is 1. The van der Waals surface area contributed by atoms with E-state index in [1.165, 1.54) is 6.20 Å². The highest BCUT2D eigenvalue weighted by Crippen LogP contribution is 2.01. The van der Waals surface area contributed by atoms with Crippen molar-refractivity contribution in [2.45, 2.75) is 6.54 Å². The van der Waals surface area contributed by atoms with Crippen LogP contribution in [-0.2, 0) is 6.54 Å². The summed E-state index contributed by atoms with van der Waals surface area (Å²) in [6, 6.07) is 3.22. The smallest absolute Gasteiger partial charge is 0.253 e. The number of nitrogens with one attached hydrogen (secondary N) is 2. The predicted molar refractivity (Wildman–Crippen MR) is 58.4 cm³/mol. The first-order chi connectivity index (χ1) is 7.75. The Bertz CT molecular complexity index is 462. The van der Waals surface area contributed by atoms with Crippen LogP contribution in [0.25, 0.3) is 0 Å². The van der Waals surface area contributed by atoms with E-state index in [0.29, 0.717) is 17.9 Å². The molecule has 2 aromatic rings. The summed E-state index contributed by atoms with van der Waals surface area (Å²) in [4.78, 5) is 22.2. The zero-order chi connectivity index (χ0) is 11.4. The van der Waals surface area contributed by atoms with E-state index in [1.807, 2.05) is 0 Å². The molecule has 0 saturated heterocycles. The van der Waals surface area contributed by atoms with Gasteiger partial charge < -0.3 is 16.0 Å². The second-order valence-electron chi connectivity index (χ2n) is 3.23. The average Bonchev–Trinajstić information content (AvgIpc) is 2.80. The Hall–Kier alpha value is -2.37. The molecule has 0 spiro atoms. The van der Waals surface area contributed by atoms with Gasteiger partial charge in [0.1, 0.15) is 5.82 Å². The van der Waals surface area contributed by atoms with Crippen molar-refractivity contribution in [3.8, 4) is 0 Å². The molecule has 4 N–H and O–H groups in total. The highest BCUT2D eigenvalue weighted by atomic mass is 16.1. The summed E-state index contributed by atoms with van der Waals surface area (Å²) >= 11 is 0. The van der Waals surface area contributed by atoms with Crippen LogP contribution in [0.15, 0.2) is 30.9 Å². The number of aromatic amines is 1. The number of rotatable bonds is 3. The zero-order valence-corrected chi connectivity index (χ0v) is 8.47. The minimum Gasteiger partial charge on any atom is -0.384 e. The maximum atomic E-state index is 11.6. The largest absolute Gasteiger partial charge is 0.384 e. The molecule has 0 unspecified atom stereocenters. The normalized spacial score (nSPS) is 10.0. The molecule has 0 atom stereocenters. The average molecular weight is 217 g/mol. The van der Waals surface area contributed by atoms with Crippen molar-refractivity contribution in [1.29, 1.82) is 0 Å². The van der Waals surface area contributed by atoms with Crippen molar-refractivity contribution in [2.75, 3.05) is 5.73 Å². The van der Waals surface area contributed by atoms with Crippen LogP contribution >= 0.6 is 0 Å². The maximum absolute atomic E-state index is 11.6. The van der Waals surface area contributed by atoms with Gasteiger partial charge in [0.15, 0.2) is 0 Å². The number of carbonyl (C=O) groups excluding carboxylic acids is 1. The molecule has 0 radical (unpaired) electrons. The SMILES string of the molecule is Nc1ccc(C(=O)NCc2cnc[nH]2)cn1. The van der Waals surface area contributed by atoms with Gasteiger partial charge in [-0.1, -0.05) is 0 Å². The number of hydrogen-bond acceptors (Lipinski definition) is 4. The van der Waals surface area contributed by atoms with Gasteiger partial charge in [-0.05, 0) is 12.1 Å². The minimum absolute atomic E-state index is 0.192. The Morgan fingerprint density at radius 2 is 2.31 bits per heavy atom. The summed E-state index contributed by atoms with van der Waals surface area (Å²) in [6.07, 6.45) is 4.66. The monoisotopic (exact) mass is 217 g/mol. The number of nitrogens with zero attached hydrogens (tertiary/aromatic N) is 2. The molecule has 0 saturated carbocycles. The van der Waals surface area contributed by atoms with E-state index in [9.17, 15) is 4.79 Å². The van der Waals surface area contributed by atoms with E-state index in [0.717, 1.165) is 5.69 Å². The molecule has 0 aromatic carbocycles. The van der Waals surface area contributed by atoms with Crippen molar-refractivity contribution in [3.05, 3.63) is 42.1 Å². The van der Waals surface area contributed by atoms with Crippen LogP contribution in [0.1, 0.15) is 16.1 Å². The van der Waals surface area contributed by atoms with Gasteiger partial charge in [0, 0.05) is 12.4 Å². The third kappa shape index (κ3) is 2.35. The second kappa shape index (κ2) is 4.43. The summed E-state index contributed by atoms with van der Waals surface area (Å²) < 4.78 is 0. The van der Waals surface area contributed by atoms with E-state index >= 15 is 0 Å². The van der Waals surface area contributed by atoms with Gasteiger partial charge in [-0.3, -0.25) is 4.79 Å². The Balaban J connectivity index is 1.95. The van der Waals surface area contributed by atoms with Crippen molar-refractivity contribution in [2.24, 2.45) is 0 Å². The Labute approximate surface area is 91.9 Å². The minimum atomic E-state index is -0.192. The molecule has 2 rings (SSSR count). The lowest BCUT2D eigenvalue weighted by Crippen LogP contribution is -2.23. The van der Waals surface area contributed by atoms with Crippen molar-refractivity contribution in [1.82, 2.24) is 20.3 Å². The fourth-order valence-electron chi connectivity index (χ4n) is 1.20. The first kappa shape index (κ1) is 10.2. The first-order valence-electron chi connectivity index (χ1n) is 4.72. The number of nitrogens with two attached hydrogens (primary N) is 1. The predicted octanol–water partition coefficient (Wildman–Crippen LogP) is 0.317. The van der Waals surface area contributed by atoms with Gasteiger partial charge in [-0.2, -0.15) is 0 Å². The molecule has 6 heteroatoms. The van der Waals surface area contributed by atoms with E-state index in [1.54, 1.807) is 24.7 Å². The fraction of sp³-hybridized carbons (Fsp3) is 0.100. The Morgan fingerprint density at radius 3 is 2.94 bits per heavy atom. The van der Waals surface area contributed by atoms with Crippen molar-refractivity contribution < 1.29 is 4.79 Å². The number of aromatic nitrogens is 3. The lowest BCUT2D eigenvalue weighted by Gasteiger charge is -2.03. The Morgan fingerprint density at radius 1 is 1.44 bits per heavy atom. The Kier molecular flexibility index (Phi) is 2.81. The van der Waals surface area contributed by atoms with Crippen LogP contribution in [-0.4, -0.2) is 20.9 Å². The first-order valence-corrected chi connectivity index (χ1v) is 4.72. The van der Waals surface area contributed by atoms with Crippen LogP contribution in [0.5, 0.6) is 0 Å². The molecule has 0 aliphatic rings. The van der Waals surface area contributed by atoms with Gasteiger partial charge in [0.2, 0.25) is 0 Å². The van der Waals surface area contributed by atoms with Crippen LogP contribution in [0.4, 0.5) is 5.82 Å². The second-order valence-corrected chi connectivity index (χ2v) is 3.23. The molecule has 0 aliphatic heterocycles. The molecular formula is C10H11N5O. The number of H-pyrrole nitrogens is 1. The highest BCUT2D eigenvalue weighted by molar-refractivity contribution is 5.93. The van der Waals surface area contributed by atoms with E-state index in [2.05, 4.69) is 20.3 Å². The fourth-order valence-corrected chi connectivity index (χ4v) is 1.20. The summed E-state index contributed by atoms with van der Waals surface area (Å²) in [5.41, 5.74) is 6.75. The van der Waals surface area contributed by atoms with Crippen LogP contribution < -0.4 is 11.1 Å². The van der Waals surface area contributed by atoms with Gasteiger partial charge >= 0.3 is 0 Å². The topological polar surface area (TPSA) is 96.7 Å². The molecule has 16 heavy (non-hydrogen) atoms. The molecule has 0 aliphatic carbocycles. The van der Waals surface area contributed by atoms with E-state index in [4.69, 9.17) is 5.73 Å². The van der Waals surface area contributed by atoms with E-state index in [-0.39, 0.29) is 5.91 Å². The lowest BCUT2D eigenvalue weighted by atomic mass is 10.2. The van der Waals surface area contributed by atoms with Gasteiger partial charge in [0.05, 0.1) is 24.1 Å². The molecule has 6 nitrogen and oxygen atoms in total. The molecule has 2 heterocycles. The molecule has 82 valence electrons. The van der Waals surface area contributed by atoms with Crippen LogP contribution in [0, 0.1) is 0 Å².